The maximum absolute atomic E-state index is 11.9. The van der Waals surface area contributed by atoms with E-state index in [1.54, 1.807) is 39.5 Å². The standard InChI is InChI=1S/C23H27N7O2/c1-14(18-6-5-15(23(31)26-3)8-20(18)32-4)11-27-21-9-19(29-13-30-21)17-7-16(10-24)22(25-2)28-12-17/h5-10,12-14,24H,11H2,1-4H3,(H,25,28)(H,26,31)(H,27,29,30). The molecule has 0 aliphatic rings. The topological polar surface area (TPSA) is 125 Å². The molecule has 3 aromatic rings. The Morgan fingerprint density at radius 2 is 2.00 bits per heavy atom. The molecule has 0 radical (unpaired) electrons. The number of hydrogen-bond donors (Lipinski definition) is 4. The second kappa shape index (κ2) is 10.3. The molecule has 0 saturated heterocycles. The molecule has 0 spiro atoms. The van der Waals surface area contributed by atoms with Crippen LogP contribution in [0.25, 0.3) is 11.3 Å². The van der Waals surface area contributed by atoms with E-state index in [9.17, 15) is 4.79 Å². The van der Waals surface area contributed by atoms with Gasteiger partial charge >= 0.3 is 0 Å². The van der Waals surface area contributed by atoms with Gasteiger partial charge in [0.15, 0.2) is 0 Å². The van der Waals surface area contributed by atoms with Gasteiger partial charge in [-0.2, -0.15) is 0 Å². The minimum absolute atomic E-state index is 0.100. The number of nitrogens with zero attached hydrogens (tertiary/aromatic N) is 3. The highest BCUT2D eigenvalue weighted by atomic mass is 16.5. The fraction of sp³-hybridized carbons (Fsp3) is 0.261. The Bertz CT molecular complexity index is 1120. The van der Waals surface area contributed by atoms with Gasteiger partial charge in [0.1, 0.15) is 23.7 Å². The quantitative estimate of drug-likeness (QED) is 0.382. The van der Waals surface area contributed by atoms with E-state index in [-0.39, 0.29) is 11.8 Å². The van der Waals surface area contributed by atoms with E-state index in [1.165, 1.54) is 12.5 Å². The Labute approximate surface area is 187 Å². The Morgan fingerprint density at radius 1 is 1.19 bits per heavy atom. The van der Waals surface area contributed by atoms with Crippen LogP contribution < -0.4 is 20.7 Å². The van der Waals surface area contributed by atoms with Crippen molar-refractivity contribution in [2.75, 3.05) is 38.4 Å². The lowest BCUT2D eigenvalue weighted by molar-refractivity contribution is 0.0962. The zero-order valence-electron chi connectivity index (χ0n) is 18.6. The molecule has 0 fully saturated rings. The molecule has 1 amide bonds. The molecular formula is C23H27N7O2. The van der Waals surface area contributed by atoms with Gasteiger partial charge in [-0.15, -0.1) is 0 Å². The molecule has 3 rings (SSSR count). The molecule has 4 N–H and O–H groups in total. The van der Waals surface area contributed by atoms with Crippen LogP contribution in [0.5, 0.6) is 5.75 Å². The molecule has 166 valence electrons. The third-order valence-electron chi connectivity index (χ3n) is 5.12. The zero-order valence-corrected chi connectivity index (χ0v) is 18.6. The second-order valence-electron chi connectivity index (χ2n) is 7.16. The average molecular weight is 434 g/mol. The van der Waals surface area contributed by atoms with Gasteiger partial charge in [0.2, 0.25) is 0 Å². The molecule has 0 aliphatic carbocycles. The minimum Gasteiger partial charge on any atom is -0.496 e. The van der Waals surface area contributed by atoms with Gasteiger partial charge in [0, 0.05) is 61.7 Å². The van der Waals surface area contributed by atoms with Gasteiger partial charge in [-0.3, -0.25) is 4.79 Å². The maximum atomic E-state index is 11.9. The summed E-state index contributed by atoms with van der Waals surface area (Å²) in [5.74, 6) is 1.93. The first-order valence-electron chi connectivity index (χ1n) is 10.1. The number of anilines is 2. The van der Waals surface area contributed by atoms with Gasteiger partial charge in [0.05, 0.1) is 12.8 Å². The summed E-state index contributed by atoms with van der Waals surface area (Å²) in [4.78, 5) is 24.9. The Hall–Kier alpha value is -4.01. The monoisotopic (exact) mass is 433 g/mol. The first kappa shape index (κ1) is 22.7. The van der Waals surface area contributed by atoms with Crippen LogP contribution in [0, 0.1) is 5.41 Å². The van der Waals surface area contributed by atoms with Crippen LogP contribution in [0.15, 0.2) is 42.9 Å². The summed E-state index contributed by atoms with van der Waals surface area (Å²) >= 11 is 0. The number of carbonyl (C=O) groups excluding carboxylic acids is 1. The summed E-state index contributed by atoms with van der Waals surface area (Å²) in [6, 6.07) is 9.16. The van der Waals surface area contributed by atoms with E-state index in [4.69, 9.17) is 10.1 Å². The van der Waals surface area contributed by atoms with Crippen LogP contribution in [0.4, 0.5) is 11.6 Å². The van der Waals surface area contributed by atoms with E-state index in [1.807, 2.05) is 18.2 Å². The molecule has 2 heterocycles. The molecule has 0 bridgehead atoms. The van der Waals surface area contributed by atoms with Crippen molar-refractivity contribution in [1.29, 1.82) is 5.41 Å². The van der Waals surface area contributed by atoms with Crippen LogP contribution >= 0.6 is 0 Å². The summed E-state index contributed by atoms with van der Waals surface area (Å²) < 4.78 is 5.51. The SMILES string of the molecule is CNC(=O)c1ccc(C(C)CNc2cc(-c3cnc(NC)c(C=N)c3)ncn2)c(OC)c1. The molecule has 2 aromatic heterocycles. The third-order valence-corrected chi connectivity index (χ3v) is 5.12. The van der Waals surface area contributed by atoms with Crippen molar-refractivity contribution in [3.8, 4) is 17.0 Å². The highest BCUT2D eigenvalue weighted by Gasteiger charge is 2.15. The number of ether oxygens (including phenoxy) is 1. The van der Waals surface area contributed by atoms with Crippen LogP contribution in [-0.2, 0) is 0 Å². The van der Waals surface area contributed by atoms with E-state index in [2.05, 4.69) is 37.8 Å². The number of nitrogens with one attached hydrogen (secondary N) is 4. The zero-order chi connectivity index (χ0) is 23.1. The van der Waals surface area contributed by atoms with Crippen molar-refractivity contribution in [1.82, 2.24) is 20.3 Å². The number of carbonyl (C=O) groups is 1. The van der Waals surface area contributed by atoms with Gasteiger partial charge in [-0.1, -0.05) is 13.0 Å². The molecule has 0 saturated carbocycles. The number of rotatable bonds is 9. The minimum atomic E-state index is -0.155. The number of amides is 1. The van der Waals surface area contributed by atoms with Crippen molar-refractivity contribution in [2.45, 2.75) is 12.8 Å². The Balaban J connectivity index is 1.75. The number of methoxy groups -OCH3 is 1. The summed E-state index contributed by atoms with van der Waals surface area (Å²) in [6.45, 7) is 2.68. The fourth-order valence-corrected chi connectivity index (χ4v) is 3.32. The number of hydrogen-bond acceptors (Lipinski definition) is 8. The number of aromatic nitrogens is 3. The highest BCUT2D eigenvalue weighted by Crippen LogP contribution is 2.28. The van der Waals surface area contributed by atoms with Crippen molar-refractivity contribution in [2.24, 2.45) is 0 Å². The number of benzene rings is 1. The highest BCUT2D eigenvalue weighted by molar-refractivity contribution is 5.94. The van der Waals surface area contributed by atoms with Crippen molar-refractivity contribution in [3.63, 3.8) is 0 Å². The third kappa shape index (κ3) is 5.00. The van der Waals surface area contributed by atoms with Crippen molar-refractivity contribution < 1.29 is 9.53 Å². The second-order valence-corrected chi connectivity index (χ2v) is 7.16. The van der Waals surface area contributed by atoms with E-state index < -0.39 is 0 Å². The lowest BCUT2D eigenvalue weighted by Crippen LogP contribution is -2.18. The molecule has 1 atom stereocenters. The summed E-state index contributed by atoms with van der Waals surface area (Å²) in [5, 5.41) is 16.5. The van der Waals surface area contributed by atoms with E-state index in [0.29, 0.717) is 40.8 Å². The molecule has 1 unspecified atom stereocenters. The molecule has 1 aromatic carbocycles. The van der Waals surface area contributed by atoms with Crippen LogP contribution in [0.3, 0.4) is 0 Å². The van der Waals surface area contributed by atoms with Gasteiger partial charge in [-0.25, -0.2) is 15.0 Å². The Kier molecular flexibility index (Phi) is 7.33. The van der Waals surface area contributed by atoms with Crippen LogP contribution in [0.2, 0.25) is 0 Å². The summed E-state index contributed by atoms with van der Waals surface area (Å²) in [5.41, 5.74) is 3.73. The molecule has 32 heavy (non-hydrogen) atoms. The van der Waals surface area contributed by atoms with E-state index in [0.717, 1.165) is 11.1 Å². The van der Waals surface area contributed by atoms with Crippen LogP contribution in [0.1, 0.15) is 34.3 Å². The first-order valence-corrected chi connectivity index (χ1v) is 10.1. The molecule has 9 heteroatoms. The normalized spacial score (nSPS) is 11.4. The Morgan fingerprint density at radius 3 is 2.69 bits per heavy atom. The van der Waals surface area contributed by atoms with Gasteiger partial charge < -0.3 is 26.1 Å². The first-order chi connectivity index (χ1) is 15.5. The van der Waals surface area contributed by atoms with Crippen molar-refractivity contribution >= 4 is 23.8 Å². The fourth-order valence-electron chi connectivity index (χ4n) is 3.32. The molecule has 0 aliphatic heterocycles. The lowest BCUT2D eigenvalue weighted by atomic mass is 9.98. The number of pyridine rings is 1. The largest absolute Gasteiger partial charge is 0.496 e. The van der Waals surface area contributed by atoms with Gasteiger partial charge in [-0.05, 0) is 23.8 Å². The van der Waals surface area contributed by atoms with Gasteiger partial charge in [0.25, 0.3) is 5.91 Å². The average Bonchev–Trinajstić information content (AvgIpc) is 2.85. The molecular weight excluding hydrogens is 406 g/mol. The predicted octanol–water partition coefficient (Wildman–Crippen LogP) is 3.16. The molecule has 9 nitrogen and oxygen atoms in total. The van der Waals surface area contributed by atoms with E-state index >= 15 is 0 Å². The smallest absolute Gasteiger partial charge is 0.251 e. The van der Waals surface area contributed by atoms with Crippen molar-refractivity contribution in [3.05, 3.63) is 59.5 Å². The predicted molar refractivity (Wildman–Crippen MR) is 126 cm³/mol. The summed E-state index contributed by atoms with van der Waals surface area (Å²) in [7, 11) is 4.96. The summed E-state index contributed by atoms with van der Waals surface area (Å²) in [6.07, 6.45) is 4.47. The van der Waals surface area contributed by atoms with Crippen LogP contribution in [-0.4, -0.2) is 54.8 Å². The maximum Gasteiger partial charge on any atom is 0.251 e. The lowest BCUT2D eigenvalue weighted by Gasteiger charge is -2.17.